The molecule has 4 heteroatoms. The molecule has 0 aliphatic carbocycles. The minimum absolute atomic E-state index is 0.543. The summed E-state index contributed by atoms with van der Waals surface area (Å²) in [7, 11) is 2.06. The Labute approximate surface area is 132 Å². The molecule has 1 unspecified atom stereocenters. The quantitative estimate of drug-likeness (QED) is 0.731. The highest BCUT2D eigenvalue weighted by atomic mass is 79.9. The molecule has 0 amide bonds. The highest BCUT2D eigenvalue weighted by molar-refractivity contribution is 9.10. The van der Waals surface area contributed by atoms with Crippen molar-refractivity contribution in [3.63, 3.8) is 0 Å². The van der Waals surface area contributed by atoms with Crippen LogP contribution in [0.4, 0.5) is 0 Å². The number of aromatic nitrogens is 2. The van der Waals surface area contributed by atoms with Crippen molar-refractivity contribution >= 4 is 15.9 Å². The molecule has 3 nitrogen and oxygen atoms in total. The van der Waals surface area contributed by atoms with Crippen molar-refractivity contribution in [1.82, 2.24) is 15.1 Å². The zero-order valence-corrected chi connectivity index (χ0v) is 15.3. The number of hydrogen-bond acceptors (Lipinski definition) is 2. The molecule has 116 valence electrons. The van der Waals surface area contributed by atoms with E-state index in [2.05, 4.69) is 61.1 Å². The summed E-state index contributed by atoms with van der Waals surface area (Å²) in [6.07, 6.45) is 5.67. The first-order chi connectivity index (χ1) is 9.58. The van der Waals surface area contributed by atoms with Gasteiger partial charge in [-0.3, -0.25) is 4.68 Å². The van der Waals surface area contributed by atoms with E-state index >= 15 is 0 Å². The smallest absolute Gasteiger partial charge is 0.0766 e. The number of hydrogen-bond donors (Lipinski definition) is 1. The first-order valence-electron chi connectivity index (χ1n) is 8.02. The van der Waals surface area contributed by atoms with E-state index in [4.69, 9.17) is 0 Å². The highest BCUT2D eigenvalue weighted by Crippen LogP contribution is 2.25. The van der Waals surface area contributed by atoms with E-state index in [1.54, 1.807) is 0 Å². The Kier molecular flexibility index (Phi) is 7.82. The van der Waals surface area contributed by atoms with Crippen molar-refractivity contribution in [2.45, 2.75) is 65.8 Å². The Balaban J connectivity index is 2.91. The largest absolute Gasteiger partial charge is 0.313 e. The van der Waals surface area contributed by atoms with Gasteiger partial charge in [-0.2, -0.15) is 5.10 Å². The number of nitrogens with one attached hydrogen (secondary N) is 1. The van der Waals surface area contributed by atoms with E-state index in [9.17, 15) is 0 Å². The maximum Gasteiger partial charge on any atom is 0.0766 e. The molecule has 0 spiro atoms. The van der Waals surface area contributed by atoms with Gasteiger partial charge in [0.15, 0.2) is 0 Å². The lowest BCUT2D eigenvalue weighted by Crippen LogP contribution is -2.38. The van der Waals surface area contributed by atoms with Gasteiger partial charge in [-0.25, -0.2) is 0 Å². The van der Waals surface area contributed by atoms with E-state index in [0.717, 1.165) is 25.3 Å². The minimum atomic E-state index is 0.543. The van der Waals surface area contributed by atoms with Crippen molar-refractivity contribution in [3.8, 4) is 0 Å². The average Bonchev–Trinajstić information content (AvgIpc) is 2.72. The standard InChI is InChI=1S/C16H30BrN3/c1-6-10-18-14(12(7-2)8-3)11-15-16(17)13(9-4)19-20(15)5/h12,14,18H,6-11H2,1-5H3. The van der Waals surface area contributed by atoms with Gasteiger partial charge >= 0.3 is 0 Å². The van der Waals surface area contributed by atoms with Crippen LogP contribution in [-0.2, 0) is 19.9 Å². The summed E-state index contributed by atoms with van der Waals surface area (Å²) < 4.78 is 3.25. The Hall–Kier alpha value is -0.350. The number of nitrogens with zero attached hydrogens (tertiary/aromatic N) is 2. The monoisotopic (exact) mass is 343 g/mol. The lowest BCUT2D eigenvalue weighted by Gasteiger charge is -2.26. The predicted octanol–water partition coefficient (Wildman–Crippen LogP) is 4.09. The third kappa shape index (κ3) is 4.32. The lowest BCUT2D eigenvalue weighted by atomic mass is 9.90. The zero-order chi connectivity index (χ0) is 15.1. The SMILES string of the molecule is CCCNC(Cc1c(Br)c(CC)nn1C)C(CC)CC. The number of rotatable bonds is 9. The molecule has 0 aliphatic rings. The van der Waals surface area contributed by atoms with E-state index in [-0.39, 0.29) is 0 Å². The fourth-order valence-electron chi connectivity index (χ4n) is 2.84. The van der Waals surface area contributed by atoms with E-state index in [0.29, 0.717) is 6.04 Å². The van der Waals surface area contributed by atoms with Gasteiger partial charge in [-0.05, 0) is 41.2 Å². The van der Waals surface area contributed by atoms with Gasteiger partial charge in [0.05, 0.1) is 15.9 Å². The van der Waals surface area contributed by atoms with Crippen LogP contribution in [0.1, 0.15) is 58.3 Å². The van der Waals surface area contributed by atoms with Crippen molar-refractivity contribution in [1.29, 1.82) is 0 Å². The second-order valence-electron chi connectivity index (χ2n) is 5.53. The molecule has 0 radical (unpaired) electrons. The van der Waals surface area contributed by atoms with Gasteiger partial charge in [0, 0.05) is 19.5 Å². The molecule has 1 rings (SSSR count). The molecule has 0 saturated carbocycles. The normalized spacial score (nSPS) is 13.2. The topological polar surface area (TPSA) is 29.9 Å². The number of halogens is 1. The third-order valence-corrected chi connectivity index (χ3v) is 5.11. The molecule has 1 aromatic heterocycles. The van der Waals surface area contributed by atoms with Crippen molar-refractivity contribution < 1.29 is 0 Å². The Morgan fingerprint density at radius 3 is 2.30 bits per heavy atom. The summed E-state index contributed by atoms with van der Waals surface area (Å²) in [6, 6.07) is 0.543. The van der Waals surface area contributed by atoms with Crippen LogP contribution in [-0.4, -0.2) is 22.4 Å². The highest BCUT2D eigenvalue weighted by Gasteiger charge is 2.22. The number of aryl methyl sites for hydroxylation is 2. The molecule has 1 N–H and O–H groups in total. The molecule has 1 heterocycles. The van der Waals surface area contributed by atoms with Crippen LogP contribution in [0, 0.1) is 5.92 Å². The minimum Gasteiger partial charge on any atom is -0.313 e. The zero-order valence-electron chi connectivity index (χ0n) is 13.7. The van der Waals surface area contributed by atoms with E-state index in [1.807, 2.05) is 4.68 Å². The average molecular weight is 344 g/mol. The molecule has 20 heavy (non-hydrogen) atoms. The molecule has 0 bridgehead atoms. The Morgan fingerprint density at radius 2 is 1.85 bits per heavy atom. The van der Waals surface area contributed by atoms with Gasteiger partial charge in [-0.15, -0.1) is 0 Å². The van der Waals surface area contributed by atoms with Crippen LogP contribution in [0.25, 0.3) is 0 Å². The van der Waals surface area contributed by atoms with Crippen molar-refractivity contribution in [3.05, 3.63) is 15.9 Å². The molecular formula is C16H30BrN3. The fraction of sp³-hybridized carbons (Fsp3) is 0.812. The summed E-state index contributed by atoms with van der Waals surface area (Å²) in [4.78, 5) is 0. The molecule has 0 aliphatic heterocycles. The van der Waals surface area contributed by atoms with Gasteiger partial charge < -0.3 is 5.32 Å². The van der Waals surface area contributed by atoms with Gasteiger partial charge in [0.2, 0.25) is 0 Å². The third-order valence-electron chi connectivity index (χ3n) is 4.19. The van der Waals surface area contributed by atoms with E-state index in [1.165, 1.54) is 35.1 Å². The summed E-state index contributed by atoms with van der Waals surface area (Å²) >= 11 is 3.74. The maximum atomic E-state index is 4.62. The maximum absolute atomic E-state index is 4.62. The van der Waals surface area contributed by atoms with Crippen LogP contribution in [0.15, 0.2) is 4.47 Å². The van der Waals surface area contributed by atoms with E-state index < -0.39 is 0 Å². The van der Waals surface area contributed by atoms with Crippen LogP contribution in [0.5, 0.6) is 0 Å². The first kappa shape index (κ1) is 17.7. The first-order valence-corrected chi connectivity index (χ1v) is 8.81. The molecule has 1 aromatic rings. The molecule has 0 saturated heterocycles. The second-order valence-corrected chi connectivity index (χ2v) is 6.32. The van der Waals surface area contributed by atoms with Crippen LogP contribution < -0.4 is 5.32 Å². The van der Waals surface area contributed by atoms with Crippen molar-refractivity contribution in [2.24, 2.45) is 13.0 Å². The fourth-order valence-corrected chi connectivity index (χ4v) is 3.62. The Bertz CT molecular complexity index is 397. The van der Waals surface area contributed by atoms with Crippen LogP contribution in [0.2, 0.25) is 0 Å². The lowest BCUT2D eigenvalue weighted by molar-refractivity contribution is 0.327. The van der Waals surface area contributed by atoms with Crippen LogP contribution in [0.3, 0.4) is 0 Å². The molecule has 1 atom stereocenters. The predicted molar refractivity (Wildman–Crippen MR) is 90.1 cm³/mol. The molecule has 0 aromatic carbocycles. The van der Waals surface area contributed by atoms with Gasteiger partial charge in [0.25, 0.3) is 0 Å². The van der Waals surface area contributed by atoms with Gasteiger partial charge in [-0.1, -0.05) is 40.5 Å². The Morgan fingerprint density at radius 1 is 1.20 bits per heavy atom. The van der Waals surface area contributed by atoms with Gasteiger partial charge in [0.1, 0.15) is 0 Å². The summed E-state index contributed by atoms with van der Waals surface area (Å²) in [5, 5.41) is 8.35. The second kappa shape index (κ2) is 8.83. The summed E-state index contributed by atoms with van der Waals surface area (Å²) in [6.45, 7) is 10.1. The summed E-state index contributed by atoms with van der Waals surface area (Å²) in [5.74, 6) is 0.730. The molecular weight excluding hydrogens is 314 g/mol. The van der Waals surface area contributed by atoms with Crippen molar-refractivity contribution in [2.75, 3.05) is 6.54 Å². The van der Waals surface area contributed by atoms with Crippen LogP contribution >= 0.6 is 15.9 Å². The molecule has 0 fully saturated rings. The summed E-state index contributed by atoms with van der Waals surface area (Å²) in [5.41, 5.74) is 2.49.